The van der Waals surface area contributed by atoms with Gasteiger partial charge in [0.2, 0.25) is 0 Å². The summed E-state index contributed by atoms with van der Waals surface area (Å²) in [4.78, 5) is 11.6. The first kappa shape index (κ1) is 15.3. The second kappa shape index (κ2) is 5.72. The number of aryl methyl sites for hydroxylation is 1. The minimum atomic E-state index is -4.33. The average Bonchev–Trinajstić information content (AvgIpc) is 2.45. The molecule has 0 N–H and O–H groups in total. The smallest absolute Gasteiger partial charge is 0.294 e. The lowest BCUT2D eigenvalue weighted by Crippen LogP contribution is -2.05. The number of hydrogen-bond donors (Lipinski definition) is 0. The van der Waals surface area contributed by atoms with Crippen LogP contribution < -0.4 is 0 Å². The number of alkyl halides is 3. The summed E-state index contributed by atoms with van der Waals surface area (Å²) in [5, 5.41) is 0. The van der Waals surface area contributed by atoms with Crippen molar-refractivity contribution in [1.82, 2.24) is 0 Å². The fourth-order valence-corrected chi connectivity index (χ4v) is 2.20. The average molecular weight is 292 g/mol. The lowest BCUT2D eigenvalue weighted by atomic mass is 9.96. The van der Waals surface area contributed by atoms with Crippen molar-refractivity contribution in [2.24, 2.45) is 0 Å². The Kier molecular flexibility index (Phi) is 4.16. The van der Waals surface area contributed by atoms with Gasteiger partial charge in [0, 0.05) is 12.0 Å². The first-order valence-electron chi connectivity index (χ1n) is 6.64. The monoisotopic (exact) mass is 292 g/mol. The normalized spacial score (nSPS) is 11.5. The molecule has 2 aromatic carbocycles. The van der Waals surface area contributed by atoms with E-state index in [4.69, 9.17) is 0 Å². The molecule has 0 spiro atoms. The molecule has 0 bridgehead atoms. The fraction of sp³-hybridized carbons (Fsp3) is 0.235. The van der Waals surface area contributed by atoms with E-state index >= 15 is 0 Å². The van der Waals surface area contributed by atoms with Crippen LogP contribution >= 0.6 is 0 Å². The van der Waals surface area contributed by atoms with Gasteiger partial charge in [-0.1, -0.05) is 37.3 Å². The number of carbonyl (C=O) groups is 1. The lowest BCUT2D eigenvalue weighted by Gasteiger charge is -2.11. The number of carbonyl (C=O) groups excluding carboxylic acids is 1. The van der Waals surface area contributed by atoms with Crippen LogP contribution in [0, 0.1) is 6.92 Å². The van der Waals surface area contributed by atoms with Gasteiger partial charge in [0.15, 0.2) is 5.78 Å². The van der Waals surface area contributed by atoms with Gasteiger partial charge in [0.25, 0.3) is 0 Å². The van der Waals surface area contributed by atoms with Gasteiger partial charge in [-0.3, -0.25) is 4.79 Å². The van der Waals surface area contributed by atoms with E-state index in [1.807, 2.05) is 0 Å². The van der Waals surface area contributed by atoms with Gasteiger partial charge >= 0.3 is 6.18 Å². The van der Waals surface area contributed by atoms with E-state index in [0.717, 1.165) is 23.3 Å². The molecule has 0 aliphatic rings. The zero-order valence-corrected chi connectivity index (χ0v) is 11.8. The van der Waals surface area contributed by atoms with Gasteiger partial charge < -0.3 is 0 Å². The van der Waals surface area contributed by atoms with Crippen LogP contribution in [-0.2, 0) is 6.18 Å². The highest BCUT2D eigenvalue weighted by atomic mass is 19.4. The van der Waals surface area contributed by atoms with E-state index in [2.05, 4.69) is 0 Å². The summed E-state index contributed by atoms with van der Waals surface area (Å²) in [6.45, 7) is 3.44. The molecule has 0 aliphatic carbocycles. The number of hydrogen-bond acceptors (Lipinski definition) is 1. The molecule has 0 heterocycles. The SMILES string of the molecule is CCC(=O)c1ccc(-c2ccc(C(F)(F)F)cc2C)cc1. The van der Waals surface area contributed by atoms with Crippen LogP contribution in [0.3, 0.4) is 0 Å². The third-order valence-electron chi connectivity index (χ3n) is 3.39. The third-order valence-corrected chi connectivity index (χ3v) is 3.39. The van der Waals surface area contributed by atoms with Crippen molar-refractivity contribution in [2.75, 3.05) is 0 Å². The summed E-state index contributed by atoms with van der Waals surface area (Å²) < 4.78 is 37.9. The van der Waals surface area contributed by atoms with Crippen LogP contribution in [0.5, 0.6) is 0 Å². The van der Waals surface area contributed by atoms with Gasteiger partial charge in [0.1, 0.15) is 0 Å². The van der Waals surface area contributed by atoms with Gasteiger partial charge in [-0.15, -0.1) is 0 Å². The molecule has 0 radical (unpaired) electrons. The molecule has 4 heteroatoms. The van der Waals surface area contributed by atoms with E-state index in [1.54, 1.807) is 38.1 Å². The molecule has 21 heavy (non-hydrogen) atoms. The minimum Gasteiger partial charge on any atom is -0.294 e. The van der Waals surface area contributed by atoms with Crippen LogP contribution in [0.15, 0.2) is 42.5 Å². The number of ketones is 1. The maximum absolute atomic E-state index is 12.6. The minimum absolute atomic E-state index is 0.0469. The highest BCUT2D eigenvalue weighted by Gasteiger charge is 2.30. The Balaban J connectivity index is 2.36. The molecule has 0 fully saturated rings. The van der Waals surface area contributed by atoms with Crippen molar-refractivity contribution < 1.29 is 18.0 Å². The van der Waals surface area contributed by atoms with Crippen molar-refractivity contribution >= 4 is 5.78 Å². The maximum atomic E-state index is 12.6. The topological polar surface area (TPSA) is 17.1 Å². The largest absolute Gasteiger partial charge is 0.416 e. The van der Waals surface area contributed by atoms with Crippen molar-refractivity contribution in [1.29, 1.82) is 0 Å². The van der Waals surface area contributed by atoms with Crippen molar-refractivity contribution in [3.8, 4) is 11.1 Å². The van der Waals surface area contributed by atoms with Crippen molar-refractivity contribution in [3.05, 3.63) is 59.2 Å². The summed E-state index contributed by atoms with van der Waals surface area (Å²) in [5.74, 6) is 0.0469. The molecule has 0 saturated heterocycles. The Labute approximate surface area is 121 Å². The van der Waals surface area contributed by atoms with Crippen LogP contribution in [0.2, 0.25) is 0 Å². The van der Waals surface area contributed by atoms with E-state index in [-0.39, 0.29) is 5.78 Å². The Morgan fingerprint density at radius 1 is 1.05 bits per heavy atom. The summed E-state index contributed by atoms with van der Waals surface area (Å²) in [6.07, 6.45) is -3.90. The number of benzene rings is 2. The van der Waals surface area contributed by atoms with E-state index < -0.39 is 11.7 Å². The Hall–Kier alpha value is -2.10. The van der Waals surface area contributed by atoms with Gasteiger partial charge in [-0.25, -0.2) is 0 Å². The lowest BCUT2D eigenvalue weighted by molar-refractivity contribution is -0.137. The highest BCUT2D eigenvalue weighted by Crippen LogP contribution is 2.33. The molecule has 0 aromatic heterocycles. The Morgan fingerprint density at radius 2 is 1.67 bits per heavy atom. The Morgan fingerprint density at radius 3 is 2.14 bits per heavy atom. The zero-order valence-electron chi connectivity index (χ0n) is 11.8. The first-order valence-corrected chi connectivity index (χ1v) is 6.64. The molecule has 0 amide bonds. The number of halogens is 3. The number of Topliss-reactive ketones (excluding diaryl/α,β-unsaturated/α-hetero) is 1. The van der Waals surface area contributed by atoms with E-state index in [0.29, 0.717) is 17.5 Å². The van der Waals surface area contributed by atoms with Gasteiger partial charge in [0.05, 0.1) is 5.56 Å². The third kappa shape index (κ3) is 3.32. The van der Waals surface area contributed by atoms with E-state index in [1.165, 1.54) is 6.07 Å². The van der Waals surface area contributed by atoms with Gasteiger partial charge in [-0.2, -0.15) is 13.2 Å². The van der Waals surface area contributed by atoms with E-state index in [9.17, 15) is 18.0 Å². The predicted octanol–water partition coefficient (Wildman–Crippen LogP) is 5.27. The first-order chi connectivity index (χ1) is 9.82. The number of rotatable bonds is 3. The zero-order chi connectivity index (χ0) is 15.6. The molecule has 2 rings (SSSR count). The second-order valence-electron chi connectivity index (χ2n) is 4.88. The van der Waals surface area contributed by atoms with Crippen LogP contribution in [0.25, 0.3) is 11.1 Å². The summed E-state index contributed by atoms with van der Waals surface area (Å²) in [7, 11) is 0. The molecule has 0 aliphatic heterocycles. The van der Waals surface area contributed by atoms with Crippen LogP contribution in [0.1, 0.15) is 34.8 Å². The highest BCUT2D eigenvalue weighted by molar-refractivity contribution is 5.96. The van der Waals surface area contributed by atoms with Gasteiger partial charge in [-0.05, 0) is 35.7 Å². The maximum Gasteiger partial charge on any atom is 0.416 e. The molecule has 0 saturated carbocycles. The van der Waals surface area contributed by atoms with Crippen LogP contribution in [0.4, 0.5) is 13.2 Å². The van der Waals surface area contributed by atoms with Crippen molar-refractivity contribution in [3.63, 3.8) is 0 Å². The molecule has 0 atom stereocenters. The molecule has 1 nitrogen and oxygen atoms in total. The predicted molar refractivity (Wildman–Crippen MR) is 76.2 cm³/mol. The molecule has 2 aromatic rings. The molecule has 0 unspecified atom stereocenters. The quantitative estimate of drug-likeness (QED) is 0.704. The standard InChI is InChI=1S/C17H15F3O/c1-3-16(21)13-6-4-12(5-7-13)15-9-8-14(10-11(15)2)17(18,19)20/h4-10H,3H2,1-2H3. The molecular formula is C17H15F3O. The molecule has 110 valence electrons. The summed E-state index contributed by atoms with van der Waals surface area (Å²) in [5.41, 5.74) is 2.05. The molecular weight excluding hydrogens is 277 g/mol. The summed E-state index contributed by atoms with van der Waals surface area (Å²) in [6, 6.07) is 10.6. The fourth-order valence-electron chi connectivity index (χ4n) is 2.20. The summed E-state index contributed by atoms with van der Waals surface area (Å²) >= 11 is 0. The van der Waals surface area contributed by atoms with Crippen LogP contribution in [-0.4, -0.2) is 5.78 Å². The second-order valence-corrected chi connectivity index (χ2v) is 4.88. The Bertz CT molecular complexity index is 655. The van der Waals surface area contributed by atoms with Crippen molar-refractivity contribution in [2.45, 2.75) is 26.4 Å².